The van der Waals surface area contributed by atoms with Crippen molar-refractivity contribution in [3.05, 3.63) is 83.4 Å². The van der Waals surface area contributed by atoms with Gasteiger partial charge in [0.25, 0.3) is 6.47 Å². The van der Waals surface area contributed by atoms with Gasteiger partial charge in [-0.1, -0.05) is 63.9 Å². The summed E-state index contributed by atoms with van der Waals surface area (Å²) in [7, 11) is -1.34. The highest BCUT2D eigenvalue weighted by molar-refractivity contribution is 7.86. The molecule has 1 unspecified atom stereocenters. The van der Waals surface area contributed by atoms with Crippen LogP contribution in [0, 0.1) is 0 Å². The number of carbonyl (C=O) groups is 1. The molecule has 4 rings (SSSR count). The summed E-state index contributed by atoms with van der Waals surface area (Å²) >= 11 is 0. The van der Waals surface area contributed by atoms with Crippen LogP contribution in [0.15, 0.2) is 71.6 Å². The normalized spacial score (nSPS) is 14.9. The zero-order valence-corrected chi connectivity index (χ0v) is 22.0. The first-order valence-corrected chi connectivity index (χ1v) is 13.3. The highest BCUT2D eigenvalue weighted by Gasteiger charge is 2.38. The number of rotatable bonds is 7. The average Bonchev–Trinajstić information content (AvgIpc) is 3.14. The third-order valence-electron chi connectivity index (χ3n) is 6.47. The summed E-state index contributed by atoms with van der Waals surface area (Å²) in [6.07, 6.45) is 0.242. The molecule has 1 heterocycles. The van der Waals surface area contributed by atoms with Crippen molar-refractivity contribution in [3.63, 3.8) is 0 Å². The highest BCUT2D eigenvalue weighted by atomic mass is 32.2. The molecule has 0 amide bonds. The fourth-order valence-electron chi connectivity index (χ4n) is 4.48. The largest absolute Gasteiger partial charge is 0.483 e. The molecular formula is C29H32F3NO3S. The Balaban J connectivity index is 0.00000121. The van der Waals surface area contributed by atoms with Crippen LogP contribution in [-0.4, -0.2) is 22.3 Å². The molecule has 198 valence electrons. The van der Waals surface area contributed by atoms with Crippen LogP contribution < -0.4 is 4.31 Å². The highest BCUT2D eigenvalue weighted by Crippen LogP contribution is 2.44. The number of alkyl halides is 3. The van der Waals surface area contributed by atoms with Crippen LogP contribution >= 0.6 is 0 Å². The lowest BCUT2D eigenvalue weighted by atomic mass is 9.85. The molecule has 0 saturated carbocycles. The first kappa shape index (κ1) is 28.4. The van der Waals surface area contributed by atoms with E-state index in [9.17, 15) is 17.4 Å². The lowest BCUT2D eigenvalue weighted by Gasteiger charge is -2.21. The minimum atomic E-state index is -4.35. The summed E-state index contributed by atoms with van der Waals surface area (Å²) in [5.41, 5.74) is 3.90. The van der Waals surface area contributed by atoms with Gasteiger partial charge in [-0.2, -0.15) is 13.2 Å². The lowest BCUT2D eigenvalue weighted by Crippen LogP contribution is -2.30. The standard InChI is InChI=1S/C28H30F3NOS.CH2O2/c1-4-5-6-7-20-8-15-24(16-9-20)34(33)32-19-27(2,3)25-18-22(12-17-26(25)32)21-10-13-23(14-11-21)28(29,30)31;2-1-3/h8-18H,4-7,19H2,1-3H3;1H,(H,2,3). The number of halogens is 3. The number of fused-ring (bicyclic) bond motifs is 1. The number of hydrogen-bond donors (Lipinski definition) is 1. The Hall–Kier alpha value is -3.13. The maximum absolute atomic E-state index is 13.5. The molecule has 3 aromatic rings. The second-order valence-electron chi connectivity index (χ2n) is 9.68. The first-order chi connectivity index (χ1) is 17.5. The molecule has 0 radical (unpaired) electrons. The van der Waals surface area contributed by atoms with Crippen LogP contribution in [0.4, 0.5) is 18.9 Å². The Bertz CT molecular complexity index is 1220. The molecule has 1 aliphatic heterocycles. The van der Waals surface area contributed by atoms with Gasteiger partial charge in [0, 0.05) is 12.0 Å². The van der Waals surface area contributed by atoms with Crippen LogP contribution in [0.5, 0.6) is 0 Å². The van der Waals surface area contributed by atoms with Crippen LogP contribution in [0.3, 0.4) is 0 Å². The first-order valence-electron chi connectivity index (χ1n) is 12.2. The topological polar surface area (TPSA) is 57.6 Å². The van der Waals surface area contributed by atoms with E-state index in [4.69, 9.17) is 9.90 Å². The van der Waals surface area contributed by atoms with Crippen molar-refractivity contribution < 1.29 is 27.3 Å². The van der Waals surface area contributed by atoms with Crippen LogP contribution in [0.2, 0.25) is 0 Å². The molecule has 8 heteroatoms. The Morgan fingerprint density at radius 1 is 0.973 bits per heavy atom. The minimum Gasteiger partial charge on any atom is -0.483 e. The summed E-state index contributed by atoms with van der Waals surface area (Å²) < 4.78 is 54.2. The molecule has 3 aromatic carbocycles. The zero-order valence-electron chi connectivity index (χ0n) is 21.2. The Labute approximate surface area is 218 Å². The van der Waals surface area contributed by atoms with Crippen molar-refractivity contribution >= 4 is 23.1 Å². The van der Waals surface area contributed by atoms with Gasteiger partial charge in [0.1, 0.15) is 0 Å². The van der Waals surface area contributed by atoms with Crippen molar-refractivity contribution in [2.45, 2.75) is 62.9 Å². The number of benzene rings is 3. The van der Waals surface area contributed by atoms with E-state index in [1.807, 2.05) is 34.6 Å². The molecule has 0 spiro atoms. The van der Waals surface area contributed by atoms with Crippen LogP contribution in [0.1, 0.15) is 56.7 Å². The van der Waals surface area contributed by atoms with Gasteiger partial charge in [0.2, 0.25) is 0 Å². The molecule has 0 saturated heterocycles. The van der Waals surface area contributed by atoms with Gasteiger partial charge < -0.3 is 5.11 Å². The van der Waals surface area contributed by atoms with E-state index < -0.39 is 22.7 Å². The van der Waals surface area contributed by atoms with E-state index in [-0.39, 0.29) is 11.9 Å². The maximum Gasteiger partial charge on any atom is 0.416 e. The molecule has 0 aromatic heterocycles. The fraction of sp³-hybridized carbons (Fsp3) is 0.345. The fourth-order valence-corrected chi connectivity index (χ4v) is 5.88. The maximum atomic E-state index is 13.5. The number of nitrogens with zero attached hydrogens (tertiary/aromatic N) is 1. The average molecular weight is 532 g/mol. The quantitative estimate of drug-likeness (QED) is 0.252. The number of carboxylic acid groups (broad SMARTS) is 1. The summed E-state index contributed by atoms with van der Waals surface area (Å²) in [6, 6.07) is 19.1. The van der Waals surface area contributed by atoms with Gasteiger partial charge >= 0.3 is 6.18 Å². The summed E-state index contributed by atoms with van der Waals surface area (Å²) in [4.78, 5) is 9.13. The van der Waals surface area contributed by atoms with Crippen LogP contribution in [-0.2, 0) is 33.8 Å². The number of aryl methyl sites for hydroxylation is 1. The monoisotopic (exact) mass is 531 g/mol. The molecule has 0 bridgehead atoms. The number of anilines is 1. The molecule has 1 aliphatic rings. The smallest absolute Gasteiger partial charge is 0.416 e. The van der Waals surface area contributed by atoms with Gasteiger partial charge in [-0.05, 0) is 71.5 Å². The van der Waals surface area contributed by atoms with Crippen molar-refractivity contribution in [3.8, 4) is 11.1 Å². The molecular weight excluding hydrogens is 499 g/mol. The van der Waals surface area contributed by atoms with Crippen molar-refractivity contribution in [1.29, 1.82) is 0 Å². The molecule has 37 heavy (non-hydrogen) atoms. The summed E-state index contributed by atoms with van der Waals surface area (Å²) in [5.74, 6) is 0. The predicted molar refractivity (Wildman–Crippen MR) is 142 cm³/mol. The van der Waals surface area contributed by atoms with Gasteiger partial charge in [-0.3, -0.25) is 9.10 Å². The summed E-state index contributed by atoms with van der Waals surface area (Å²) in [6.45, 7) is 6.75. The van der Waals surface area contributed by atoms with E-state index in [1.54, 1.807) is 0 Å². The zero-order chi connectivity index (χ0) is 27.2. The molecule has 0 fully saturated rings. The molecule has 4 nitrogen and oxygen atoms in total. The van der Waals surface area contributed by atoms with Gasteiger partial charge in [0.05, 0.1) is 16.1 Å². The van der Waals surface area contributed by atoms with Gasteiger partial charge in [-0.25, -0.2) is 4.21 Å². The third-order valence-corrected chi connectivity index (χ3v) is 7.87. The minimum absolute atomic E-state index is 0.243. The van der Waals surface area contributed by atoms with Gasteiger partial charge in [-0.15, -0.1) is 0 Å². The number of hydrogen-bond acceptors (Lipinski definition) is 2. The SMILES string of the molecule is CCCCCc1ccc(S(=O)N2CC(C)(C)c3cc(-c4ccc(C(F)(F)F)cc4)ccc32)cc1.O=CO. The van der Waals surface area contributed by atoms with Crippen molar-refractivity contribution in [2.24, 2.45) is 0 Å². The Kier molecular flexibility index (Phi) is 9.18. The third kappa shape index (κ3) is 6.80. The van der Waals surface area contributed by atoms with E-state index >= 15 is 0 Å². The second kappa shape index (κ2) is 11.9. The Morgan fingerprint density at radius 2 is 1.57 bits per heavy atom. The predicted octanol–water partition coefficient (Wildman–Crippen LogP) is 7.63. The Morgan fingerprint density at radius 3 is 2.14 bits per heavy atom. The van der Waals surface area contributed by atoms with E-state index in [0.717, 1.165) is 52.2 Å². The molecule has 1 atom stereocenters. The van der Waals surface area contributed by atoms with E-state index in [0.29, 0.717) is 6.54 Å². The lowest BCUT2D eigenvalue weighted by molar-refractivity contribution is -0.137. The van der Waals surface area contributed by atoms with Crippen molar-refractivity contribution in [2.75, 3.05) is 10.8 Å². The molecule has 1 N–H and O–H groups in total. The number of unbranched alkanes of at least 4 members (excludes halogenated alkanes) is 2. The second-order valence-corrected chi connectivity index (χ2v) is 11.1. The van der Waals surface area contributed by atoms with Gasteiger partial charge in [0.15, 0.2) is 11.0 Å². The van der Waals surface area contributed by atoms with E-state index in [2.05, 4.69) is 32.9 Å². The van der Waals surface area contributed by atoms with Crippen molar-refractivity contribution in [1.82, 2.24) is 0 Å². The van der Waals surface area contributed by atoms with Crippen LogP contribution in [0.25, 0.3) is 11.1 Å². The summed E-state index contributed by atoms with van der Waals surface area (Å²) in [5, 5.41) is 6.89. The van der Waals surface area contributed by atoms with E-state index in [1.165, 1.54) is 30.5 Å². The molecule has 0 aliphatic carbocycles.